The van der Waals surface area contributed by atoms with Crippen LogP contribution >= 0.6 is 0 Å². The van der Waals surface area contributed by atoms with E-state index in [1.165, 1.54) is 18.7 Å². The summed E-state index contributed by atoms with van der Waals surface area (Å²) in [4.78, 5) is 9.08. The van der Waals surface area contributed by atoms with Crippen molar-refractivity contribution in [2.24, 2.45) is 0 Å². The highest BCUT2D eigenvalue weighted by Gasteiger charge is 2.29. The lowest BCUT2D eigenvalue weighted by molar-refractivity contribution is 0.651. The first-order valence-corrected chi connectivity index (χ1v) is 5.91. The predicted molar refractivity (Wildman–Crippen MR) is 64.2 cm³/mol. The van der Waals surface area contributed by atoms with Gasteiger partial charge in [0.2, 0.25) is 0 Å². The highest BCUT2D eigenvalue weighted by molar-refractivity contribution is 5.75. The largest absolute Gasteiger partial charge is 0.397 e. The van der Waals surface area contributed by atoms with Crippen molar-refractivity contribution in [1.82, 2.24) is 14.5 Å². The Morgan fingerprint density at radius 3 is 3.00 bits per heavy atom. The maximum absolute atomic E-state index is 5.74. The molecule has 0 radical (unpaired) electrons. The van der Waals surface area contributed by atoms with Gasteiger partial charge < -0.3 is 10.3 Å². The molecule has 16 heavy (non-hydrogen) atoms. The molecule has 0 spiro atoms. The van der Waals surface area contributed by atoms with Crippen LogP contribution in [0.2, 0.25) is 0 Å². The smallest absolute Gasteiger partial charge is 0.160 e. The normalized spacial score (nSPS) is 15.8. The van der Waals surface area contributed by atoms with Crippen molar-refractivity contribution < 1.29 is 0 Å². The number of anilines is 1. The zero-order valence-electron chi connectivity index (χ0n) is 9.48. The quantitative estimate of drug-likeness (QED) is 0.856. The van der Waals surface area contributed by atoms with E-state index < -0.39 is 0 Å². The van der Waals surface area contributed by atoms with Crippen molar-refractivity contribution in [3.8, 4) is 0 Å². The first-order chi connectivity index (χ1) is 7.79. The van der Waals surface area contributed by atoms with Gasteiger partial charge in [-0.15, -0.1) is 0 Å². The molecule has 2 heterocycles. The van der Waals surface area contributed by atoms with E-state index in [9.17, 15) is 0 Å². The van der Waals surface area contributed by atoms with E-state index >= 15 is 0 Å². The van der Waals surface area contributed by atoms with Gasteiger partial charge in [0.1, 0.15) is 11.3 Å². The Morgan fingerprint density at radius 1 is 1.50 bits per heavy atom. The number of hydrogen-bond donors (Lipinski definition) is 1. The van der Waals surface area contributed by atoms with Crippen LogP contribution in [-0.2, 0) is 6.54 Å². The summed E-state index contributed by atoms with van der Waals surface area (Å²) < 4.78 is 2.26. The summed E-state index contributed by atoms with van der Waals surface area (Å²) in [6, 6.07) is 1.92. The number of aryl methyl sites for hydroxylation is 1. The van der Waals surface area contributed by atoms with E-state index in [0.29, 0.717) is 11.6 Å². The molecule has 3 rings (SSSR count). The summed E-state index contributed by atoms with van der Waals surface area (Å²) in [6.07, 6.45) is 5.36. The molecule has 0 aromatic carbocycles. The SMILES string of the molecule is CCCn1c(C2CC2)nc2cc(N)cnc21. The Morgan fingerprint density at radius 2 is 2.31 bits per heavy atom. The predicted octanol–water partition coefficient (Wildman–Crippen LogP) is 2.30. The van der Waals surface area contributed by atoms with Crippen molar-refractivity contribution in [2.75, 3.05) is 5.73 Å². The Kier molecular flexibility index (Phi) is 2.09. The van der Waals surface area contributed by atoms with Crippen molar-refractivity contribution in [3.63, 3.8) is 0 Å². The molecular formula is C12H16N4. The molecule has 4 heteroatoms. The lowest BCUT2D eigenvalue weighted by Gasteiger charge is -2.05. The second kappa shape index (κ2) is 3.47. The highest BCUT2D eigenvalue weighted by Crippen LogP contribution is 2.40. The molecule has 2 aromatic rings. The summed E-state index contributed by atoms with van der Waals surface area (Å²) in [7, 11) is 0. The van der Waals surface area contributed by atoms with Crippen molar-refractivity contribution in [3.05, 3.63) is 18.1 Å². The number of pyridine rings is 1. The Hall–Kier alpha value is -1.58. The zero-order chi connectivity index (χ0) is 11.1. The standard InChI is InChI=1S/C12H16N4/c1-2-5-16-11(8-3-4-8)15-10-6-9(13)7-14-12(10)16/h6-8H,2-5,13H2,1H3. The third-order valence-electron chi connectivity index (χ3n) is 3.03. The molecule has 0 atom stereocenters. The Labute approximate surface area is 94.5 Å². The molecule has 1 fully saturated rings. The van der Waals surface area contributed by atoms with Gasteiger partial charge >= 0.3 is 0 Å². The number of nitrogens with two attached hydrogens (primary N) is 1. The van der Waals surface area contributed by atoms with E-state index in [1.54, 1.807) is 6.20 Å². The van der Waals surface area contributed by atoms with Crippen LogP contribution in [0, 0.1) is 0 Å². The molecule has 0 aliphatic heterocycles. The summed E-state index contributed by atoms with van der Waals surface area (Å²) in [6.45, 7) is 3.18. The van der Waals surface area contributed by atoms with Gasteiger partial charge in [-0.25, -0.2) is 9.97 Å². The highest BCUT2D eigenvalue weighted by atomic mass is 15.1. The van der Waals surface area contributed by atoms with Crippen molar-refractivity contribution in [2.45, 2.75) is 38.6 Å². The molecule has 0 saturated heterocycles. The maximum atomic E-state index is 5.74. The van der Waals surface area contributed by atoms with Gasteiger partial charge in [0.15, 0.2) is 5.65 Å². The first-order valence-electron chi connectivity index (χ1n) is 5.91. The molecule has 4 nitrogen and oxygen atoms in total. The molecule has 0 unspecified atom stereocenters. The van der Waals surface area contributed by atoms with Gasteiger partial charge in [-0.3, -0.25) is 0 Å². The monoisotopic (exact) mass is 216 g/mol. The second-order valence-corrected chi connectivity index (χ2v) is 4.51. The average Bonchev–Trinajstić information content (AvgIpc) is 3.04. The molecule has 1 aliphatic carbocycles. The van der Waals surface area contributed by atoms with Crippen LogP contribution in [0.4, 0.5) is 5.69 Å². The van der Waals surface area contributed by atoms with E-state index in [2.05, 4.69) is 21.5 Å². The van der Waals surface area contributed by atoms with E-state index in [4.69, 9.17) is 5.73 Å². The summed E-state index contributed by atoms with van der Waals surface area (Å²) in [5.74, 6) is 1.86. The average molecular weight is 216 g/mol. The van der Waals surface area contributed by atoms with Crippen LogP contribution in [0.5, 0.6) is 0 Å². The zero-order valence-corrected chi connectivity index (χ0v) is 9.48. The minimum Gasteiger partial charge on any atom is -0.397 e. The van der Waals surface area contributed by atoms with Gasteiger partial charge in [-0.2, -0.15) is 0 Å². The Bertz CT molecular complexity index is 525. The number of hydrogen-bond acceptors (Lipinski definition) is 3. The second-order valence-electron chi connectivity index (χ2n) is 4.51. The molecular weight excluding hydrogens is 200 g/mol. The van der Waals surface area contributed by atoms with Crippen LogP contribution in [-0.4, -0.2) is 14.5 Å². The lowest BCUT2D eigenvalue weighted by atomic mass is 10.3. The van der Waals surface area contributed by atoms with E-state index in [-0.39, 0.29) is 0 Å². The topological polar surface area (TPSA) is 56.7 Å². The van der Waals surface area contributed by atoms with Crippen molar-refractivity contribution in [1.29, 1.82) is 0 Å². The fourth-order valence-corrected chi connectivity index (χ4v) is 2.14. The van der Waals surface area contributed by atoms with Gasteiger partial charge in [-0.1, -0.05) is 6.92 Å². The summed E-state index contributed by atoms with van der Waals surface area (Å²) >= 11 is 0. The van der Waals surface area contributed by atoms with Gasteiger partial charge in [-0.05, 0) is 25.3 Å². The number of fused-ring (bicyclic) bond motifs is 1. The van der Waals surface area contributed by atoms with E-state index in [1.807, 2.05) is 6.07 Å². The fourth-order valence-electron chi connectivity index (χ4n) is 2.14. The van der Waals surface area contributed by atoms with Crippen LogP contribution < -0.4 is 5.73 Å². The van der Waals surface area contributed by atoms with Crippen LogP contribution in [0.3, 0.4) is 0 Å². The van der Waals surface area contributed by atoms with Crippen molar-refractivity contribution >= 4 is 16.9 Å². The number of nitrogen functional groups attached to an aromatic ring is 1. The Balaban J connectivity index is 2.19. The molecule has 1 aliphatic rings. The number of imidazole rings is 1. The molecule has 84 valence electrons. The molecule has 2 N–H and O–H groups in total. The fraction of sp³-hybridized carbons (Fsp3) is 0.500. The summed E-state index contributed by atoms with van der Waals surface area (Å²) in [5.41, 5.74) is 8.35. The lowest BCUT2D eigenvalue weighted by Crippen LogP contribution is -2.03. The minimum atomic E-state index is 0.655. The minimum absolute atomic E-state index is 0.655. The summed E-state index contributed by atoms with van der Waals surface area (Å²) in [5, 5.41) is 0. The molecule has 0 amide bonds. The van der Waals surface area contributed by atoms with Crippen LogP contribution in [0.25, 0.3) is 11.2 Å². The number of nitrogens with zero attached hydrogens (tertiary/aromatic N) is 3. The van der Waals surface area contributed by atoms with Gasteiger partial charge in [0, 0.05) is 12.5 Å². The molecule has 0 bridgehead atoms. The van der Waals surface area contributed by atoms with Crippen LogP contribution in [0.15, 0.2) is 12.3 Å². The third kappa shape index (κ3) is 1.45. The van der Waals surface area contributed by atoms with Gasteiger partial charge in [0.05, 0.1) is 11.9 Å². The number of rotatable bonds is 3. The van der Waals surface area contributed by atoms with E-state index in [0.717, 1.165) is 24.1 Å². The molecule has 2 aromatic heterocycles. The van der Waals surface area contributed by atoms with Crippen LogP contribution in [0.1, 0.15) is 37.9 Å². The third-order valence-corrected chi connectivity index (χ3v) is 3.03. The maximum Gasteiger partial charge on any atom is 0.160 e. The first kappa shape index (κ1) is 9.63. The molecule has 1 saturated carbocycles. The van der Waals surface area contributed by atoms with Gasteiger partial charge in [0.25, 0.3) is 0 Å². The number of aromatic nitrogens is 3.